The molecule has 1 atom stereocenters. The van der Waals surface area contributed by atoms with Gasteiger partial charge in [0.15, 0.2) is 16.3 Å². The quantitative estimate of drug-likeness (QED) is 0.154. The van der Waals surface area contributed by atoms with Crippen LogP contribution in [0, 0.1) is 6.92 Å². The minimum absolute atomic E-state index is 0.179. The van der Waals surface area contributed by atoms with Crippen molar-refractivity contribution >= 4 is 61.8 Å². The number of thiazole rings is 1. The third-order valence-electron chi connectivity index (χ3n) is 8.24. The van der Waals surface area contributed by atoms with Crippen LogP contribution in [-0.2, 0) is 16.1 Å². The molecule has 0 saturated heterocycles. The molecule has 0 radical (unpaired) electrons. The van der Waals surface area contributed by atoms with Crippen LogP contribution in [-0.4, -0.2) is 35.4 Å². The molecule has 0 N–H and O–H groups in total. The van der Waals surface area contributed by atoms with Crippen LogP contribution < -0.4 is 24.4 Å². The van der Waals surface area contributed by atoms with E-state index in [2.05, 4.69) is 39.6 Å². The fourth-order valence-corrected chi connectivity index (χ4v) is 7.81. The number of hydrogen-bond acceptors (Lipinski definition) is 7. The molecule has 2 aromatic heterocycles. The first-order valence-corrected chi connectivity index (χ1v) is 17.2. The summed E-state index contributed by atoms with van der Waals surface area (Å²) in [6.07, 6.45) is 1.93. The van der Waals surface area contributed by atoms with E-state index in [1.54, 1.807) is 37.7 Å². The highest BCUT2D eigenvalue weighted by Gasteiger charge is 2.35. The van der Waals surface area contributed by atoms with Gasteiger partial charge in [0.25, 0.3) is 5.56 Å². The summed E-state index contributed by atoms with van der Waals surface area (Å²) in [5, 5.41) is 1.71. The predicted octanol–water partition coefficient (Wildman–Crippen LogP) is 6.93. The number of aromatic nitrogens is 2. The van der Waals surface area contributed by atoms with Crippen molar-refractivity contribution in [3.63, 3.8) is 0 Å². The molecular weight excluding hydrogens is 702 g/mol. The van der Waals surface area contributed by atoms with Crippen molar-refractivity contribution < 1.29 is 19.0 Å². The number of halogens is 2. The van der Waals surface area contributed by atoms with Gasteiger partial charge in [-0.15, -0.1) is 0 Å². The lowest BCUT2D eigenvalue weighted by Crippen LogP contribution is -2.40. The zero-order valence-electron chi connectivity index (χ0n) is 26.6. The SMILES string of the molecule is CCOC(=O)C1=C(C)N=c2s/c(=C/c3c(C)n(Cc4ccccc4Cl)c4ccccc34)c(=O)n2[C@H]1c1cc(OC)c(OCC)cc1Br. The molecule has 1 aliphatic heterocycles. The Morgan fingerprint density at radius 2 is 1.81 bits per heavy atom. The monoisotopic (exact) mass is 733 g/mol. The molecule has 242 valence electrons. The number of para-hydroxylation sites is 1. The number of esters is 1. The van der Waals surface area contributed by atoms with E-state index in [1.165, 1.54) is 11.3 Å². The van der Waals surface area contributed by atoms with Crippen LogP contribution >= 0.6 is 38.9 Å². The third-order valence-corrected chi connectivity index (χ3v) is 10.3. The maximum absolute atomic E-state index is 14.5. The van der Waals surface area contributed by atoms with Gasteiger partial charge >= 0.3 is 5.97 Å². The molecule has 0 saturated carbocycles. The standard InChI is InChI=1S/C36H33BrClN3O5S/c1-6-45-30-18-26(37)25(16-29(30)44-5)33-32(35(43)46-7-2)20(3)39-36-41(33)34(42)31(47-36)17-24-21(4)40(28-15-11-9-13-23(24)28)19-22-12-8-10-14-27(22)38/h8-18,33H,6-7,19H2,1-5H3/b31-17+/t33-/m0/s1. The highest BCUT2D eigenvalue weighted by atomic mass is 79.9. The normalized spacial score (nSPS) is 14.7. The molecule has 3 aromatic carbocycles. The van der Waals surface area contributed by atoms with Gasteiger partial charge < -0.3 is 18.8 Å². The van der Waals surface area contributed by atoms with Gasteiger partial charge in [-0.2, -0.15) is 0 Å². The molecule has 47 heavy (non-hydrogen) atoms. The maximum Gasteiger partial charge on any atom is 0.338 e. The van der Waals surface area contributed by atoms with Crippen molar-refractivity contribution in [2.45, 2.75) is 40.3 Å². The first-order chi connectivity index (χ1) is 22.7. The third kappa shape index (κ3) is 5.94. The zero-order valence-corrected chi connectivity index (χ0v) is 29.8. The average molecular weight is 735 g/mol. The highest BCUT2D eigenvalue weighted by Crippen LogP contribution is 2.41. The molecule has 6 rings (SSSR count). The molecule has 11 heteroatoms. The molecule has 0 bridgehead atoms. The van der Waals surface area contributed by atoms with Gasteiger partial charge in [-0.1, -0.05) is 75.3 Å². The van der Waals surface area contributed by atoms with Crippen LogP contribution in [0.4, 0.5) is 0 Å². The number of methoxy groups -OCH3 is 1. The molecule has 0 aliphatic carbocycles. The van der Waals surface area contributed by atoms with Crippen molar-refractivity contribution in [1.29, 1.82) is 0 Å². The van der Waals surface area contributed by atoms with Gasteiger partial charge in [-0.3, -0.25) is 9.36 Å². The number of benzene rings is 3. The number of ether oxygens (including phenoxy) is 3. The van der Waals surface area contributed by atoms with Crippen LogP contribution in [0.25, 0.3) is 17.0 Å². The summed E-state index contributed by atoms with van der Waals surface area (Å²) < 4.78 is 21.9. The Morgan fingerprint density at radius 1 is 1.06 bits per heavy atom. The Bertz CT molecular complexity index is 2250. The van der Waals surface area contributed by atoms with Crippen molar-refractivity contribution in [1.82, 2.24) is 9.13 Å². The first kappa shape index (κ1) is 32.8. The van der Waals surface area contributed by atoms with Gasteiger partial charge in [0.1, 0.15) is 0 Å². The van der Waals surface area contributed by atoms with E-state index < -0.39 is 12.0 Å². The topological polar surface area (TPSA) is 84.1 Å². The van der Waals surface area contributed by atoms with Crippen LogP contribution in [0.15, 0.2) is 86.2 Å². The summed E-state index contributed by atoms with van der Waals surface area (Å²) in [7, 11) is 1.55. The molecule has 0 spiro atoms. The van der Waals surface area contributed by atoms with E-state index in [1.807, 2.05) is 49.4 Å². The fraction of sp³-hybridized carbons (Fsp3) is 0.250. The number of nitrogens with zero attached hydrogens (tertiary/aromatic N) is 3. The summed E-state index contributed by atoms with van der Waals surface area (Å²) in [4.78, 5) is 33.2. The van der Waals surface area contributed by atoms with Gasteiger partial charge in [-0.05, 0) is 69.2 Å². The summed E-state index contributed by atoms with van der Waals surface area (Å²) in [5.74, 6) is 0.485. The van der Waals surface area contributed by atoms with Crippen LogP contribution in [0.2, 0.25) is 5.02 Å². The molecule has 0 unspecified atom stereocenters. The van der Waals surface area contributed by atoms with Crippen LogP contribution in [0.5, 0.6) is 11.5 Å². The van der Waals surface area contributed by atoms with Crippen LogP contribution in [0.3, 0.4) is 0 Å². The number of carbonyl (C=O) groups is 1. The van der Waals surface area contributed by atoms with Gasteiger partial charge in [-0.25, -0.2) is 9.79 Å². The van der Waals surface area contributed by atoms with Crippen molar-refractivity contribution in [2.75, 3.05) is 20.3 Å². The molecule has 3 heterocycles. The second-order valence-electron chi connectivity index (χ2n) is 11.0. The Morgan fingerprint density at radius 3 is 2.53 bits per heavy atom. The molecule has 5 aromatic rings. The van der Waals surface area contributed by atoms with E-state index in [9.17, 15) is 9.59 Å². The number of allylic oxidation sites excluding steroid dienone is 1. The summed E-state index contributed by atoms with van der Waals surface area (Å²) in [6.45, 7) is 8.66. The summed E-state index contributed by atoms with van der Waals surface area (Å²) in [6, 6.07) is 18.7. The summed E-state index contributed by atoms with van der Waals surface area (Å²) in [5.41, 5.74) is 5.10. The van der Waals surface area contributed by atoms with E-state index in [0.29, 0.717) is 54.7 Å². The second-order valence-corrected chi connectivity index (χ2v) is 13.2. The Hall–Kier alpha value is -4.12. The van der Waals surface area contributed by atoms with Crippen molar-refractivity contribution in [3.8, 4) is 11.5 Å². The number of fused-ring (bicyclic) bond motifs is 2. The van der Waals surface area contributed by atoms with E-state index in [0.717, 1.165) is 27.7 Å². The van der Waals surface area contributed by atoms with E-state index in [4.69, 9.17) is 30.8 Å². The predicted molar refractivity (Wildman–Crippen MR) is 189 cm³/mol. The van der Waals surface area contributed by atoms with Gasteiger partial charge in [0.05, 0.1) is 42.2 Å². The summed E-state index contributed by atoms with van der Waals surface area (Å²) >= 11 is 11.5. The second kappa shape index (κ2) is 13.5. The zero-order chi connectivity index (χ0) is 33.4. The molecule has 1 aliphatic rings. The Balaban J connectivity index is 1.57. The van der Waals surface area contributed by atoms with E-state index >= 15 is 0 Å². The minimum Gasteiger partial charge on any atom is -0.493 e. The lowest BCUT2D eigenvalue weighted by Gasteiger charge is -2.26. The van der Waals surface area contributed by atoms with Gasteiger partial charge in [0, 0.05) is 38.2 Å². The van der Waals surface area contributed by atoms with E-state index in [-0.39, 0.29) is 17.7 Å². The maximum atomic E-state index is 14.5. The molecule has 0 fully saturated rings. The number of hydrogen-bond donors (Lipinski definition) is 0. The largest absolute Gasteiger partial charge is 0.493 e. The fourth-order valence-electron chi connectivity index (χ4n) is 6.05. The Kier molecular flexibility index (Phi) is 9.46. The molecule has 0 amide bonds. The molecule has 8 nitrogen and oxygen atoms in total. The first-order valence-electron chi connectivity index (χ1n) is 15.2. The smallest absolute Gasteiger partial charge is 0.338 e. The minimum atomic E-state index is -0.825. The lowest BCUT2D eigenvalue weighted by atomic mass is 9.95. The Labute approximate surface area is 289 Å². The number of carbonyl (C=O) groups excluding carboxylic acids is 1. The van der Waals surface area contributed by atoms with Crippen molar-refractivity contribution in [3.05, 3.63) is 124 Å². The van der Waals surface area contributed by atoms with Gasteiger partial charge in [0.2, 0.25) is 0 Å². The highest BCUT2D eigenvalue weighted by molar-refractivity contribution is 9.10. The van der Waals surface area contributed by atoms with Crippen molar-refractivity contribution in [2.24, 2.45) is 4.99 Å². The number of rotatable bonds is 9. The average Bonchev–Trinajstić information content (AvgIpc) is 3.50. The lowest BCUT2D eigenvalue weighted by molar-refractivity contribution is -0.139. The van der Waals surface area contributed by atoms with Crippen LogP contribution in [0.1, 0.15) is 49.2 Å². The molecular formula is C36H33BrClN3O5S.